The Bertz CT molecular complexity index is 1760. The van der Waals surface area contributed by atoms with E-state index in [-0.39, 0.29) is 0 Å². The molecule has 0 radical (unpaired) electrons. The molecule has 0 spiro atoms. The second-order valence-corrected chi connectivity index (χ2v) is 8.90. The molecule has 6 aromatic rings. The van der Waals surface area contributed by atoms with Crippen LogP contribution in [0.15, 0.2) is 110 Å². The third-order valence-corrected chi connectivity index (χ3v) is 6.81. The van der Waals surface area contributed by atoms with Gasteiger partial charge in [0.25, 0.3) is 0 Å². The first-order chi connectivity index (χ1) is 18.2. The van der Waals surface area contributed by atoms with Gasteiger partial charge in [-0.25, -0.2) is 9.97 Å². The molecule has 37 heavy (non-hydrogen) atoms. The Labute approximate surface area is 214 Å². The van der Waals surface area contributed by atoms with Gasteiger partial charge in [0, 0.05) is 16.8 Å². The summed E-state index contributed by atoms with van der Waals surface area (Å²) in [6, 6.07) is 30.8. The highest BCUT2D eigenvalue weighted by molar-refractivity contribution is 6.10. The molecule has 3 heterocycles. The minimum absolute atomic E-state index is 0.758. The fourth-order valence-electron chi connectivity index (χ4n) is 5.09. The van der Waals surface area contributed by atoms with E-state index in [1.165, 1.54) is 0 Å². The maximum Gasteiger partial charge on any atom is 0.151 e. The van der Waals surface area contributed by atoms with Gasteiger partial charge >= 0.3 is 0 Å². The number of ether oxygens (including phenoxy) is 1. The summed E-state index contributed by atoms with van der Waals surface area (Å²) in [4.78, 5) is 11.6. The van der Waals surface area contributed by atoms with Crippen molar-refractivity contribution >= 4 is 51.2 Å². The Morgan fingerprint density at radius 1 is 0.622 bits per heavy atom. The molecule has 1 aliphatic rings. The number of hydrogen-bond donors (Lipinski definition) is 0. The first-order valence-corrected chi connectivity index (χ1v) is 12.1. The average Bonchev–Trinajstić information content (AvgIpc) is 3.28. The molecular formula is C32H22N4O. The molecule has 0 aliphatic carbocycles. The van der Waals surface area contributed by atoms with E-state index in [0.717, 1.165) is 67.4 Å². The molecule has 5 heteroatoms. The molecule has 0 saturated heterocycles. The van der Waals surface area contributed by atoms with Crippen LogP contribution in [-0.2, 0) is 0 Å². The van der Waals surface area contributed by atoms with Gasteiger partial charge in [0.1, 0.15) is 18.0 Å². The van der Waals surface area contributed by atoms with Crippen LogP contribution < -0.4 is 9.64 Å². The van der Waals surface area contributed by atoms with Crippen LogP contribution >= 0.6 is 0 Å². The normalized spacial score (nSPS) is 12.2. The van der Waals surface area contributed by atoms with Crippen LogP contribution in [0.25, 0.3) is 39.8 Å². The van der Waals surface area contributed by atoms with Crippen LogP contribution in [0.1, 0.15) is 11.1 Å². The molecule has 0 bridgehead atoms. The Kier molecular flexibility index (Phi) is 4.69. The van der Waals surface area contributed by atoms with E-state index in [0.29, 0.717) is 0 Å². The summed E-state index contributed by atoms with van der Waals surface area (Å²) >= 11 is 0. The minimum atomic E-state index is 0.758. The monoisotopic (exact) mass is 478 g/mol. The number of fused-ring (bicyclic) bond motifs is 5. The summed E-state index contributed by atoms with van der Waals surface area (Å²) < 4.78 is 8.37. The lowest BCUT2D eigenvalue weighted by Gasteiger charge is -2.31. The van der Waals surface area contributed by atoms with Crippen molar-refractivity contribution in [2.45, 2.75) is 0 Å². The predicted octanol–water partition coefficient (Wildman–Crippen LogP) is 8.44. The number of benzene rings is 4. The van der Waals surface area contributed by atoms with E-state index < -0.39 is 0 Å². The van der Waals surface area contributed by atoms with E-state index in [2.05, 4.69) is 59.0 Å². The van der Waals surface area contributed by atoms with Gasteiger partial charge in [-0.3, -0.25) is 9.47 Å². The molecule has 7 rings (SSSR count). The van der Waals surface area contributed by atoms with Crippen LogP contribution in [0, 0.1) is 0 Å². The van der Waals surface area contributed by atoms with E-state index in [1.807, 2.05) is 66.7 Å². The van der Waals surface area contributed by atoms with E-state index in [9.17, 15) is 0 Å². The lowest BCUT2D eigenvalue weighted by Crippen LogP contribution is -2.17. The van der Waals surface area contributed by atoms with Gasteiger partial charge in [-0.2, -0.15) is 0 Å². The van der Waals surface area contributed by atoms with E-state index in [4.69, 9.17) is 14.7 Å². The zero-order valence-electron chi connectivity index (χ0n) is 20.0. The fraction of sp³-hybridized carbons (Fsp3) is 0. The summed E-state index contributed by atoms with van der Waals surface area (Å²) in [7, 11) is 0. The molecule has 0 unspecified atom stereocenters. The lowest BCUT2D eigenvalue weighted by molar-refractivity contribution is 0.476. The highest BCUT2D eigenvalue weighted by atomic mass is 16.5. The van der Waals surface area contributed by atoms with Gasteiger partial charge in [0.15, 0.2) is 11.5 Å². The quantitative estimate of drug-likeness (QED) is 0.255. The average molecular weight is 479 g/mol. The van der Waals surface area contributed by atoms with E-state index in [1.54, 1.807) is 6.33 Å². The molecule has 0 atom stereocenters. The van der Waals surface area contributed by atoms with Crippen molar-refractivity contribution in [3.05, 3.63) is 122 Å². The van der Waals surface area contributed by atoms with Gasteiger partial charge in [-0.05, 0) is 59.7 Å². The zero-order chi connectivity index (χ0) is 24.9. The molecule has 5 nitrogen and oxygen atoms in total. The molecule has 0 amide bonds. The topological polar surface area (TPSA) is 43.2 Å². The molecule has 0 N–H and O–H groups in total. The Morgan fingerprint density at radius 3 is 1.73 bits per heavy atom. The van der Waals surface area contributed by atoms with Crippen LogP contribution in [0.5, 0.6) is 11.5 Å². The van der Waals surface area contributed by atoms with Crippen molar-refractivity contribution in [3.8, 4) is 17.3 Å². The molecule has 4 aromatic carbocycles. The number of nitrogens with zero attached hydrogens (tertiary/aromatic N) is 4. The number of hydrogen-bond acceptors (Lipinski definition) is 4. The van der Waals surface area contributed by atoms with Crippen molar-refractivity contribution in [2.75, 3.05) is 4.90 Å². The van der Waals surface area contributed by atoms with Gasteiger partial charge in [0.2, 0.25) is 0 Å². The van der Waals surface area contributed by atoms with Crippen LogP contribution in [-0.4, -0.2) is 14.5 Å². The Morgan fingerprint density at radius 2 is 1.16 bits per heavy atom. The van der Waals surface area contributed by atoms with Crippen molar-refractivity contribution in [1.82, 2.24) is 14.5 Å². The SMILES string of the molecule is C=Cc1ccc2c(c1)c1cc(C=C)ccc1n2-c1cc(N2c3ccccc3Oc3ccccc32)ncn1. The summed E-state index contributed by atoms with van der Waals surface area (Å²) in [5.74, 6) is 3.11. The summed E-state index contributed by atoms with van der Waals surface area (Å²) in [6.07, 6.45) is 5.37. The van der Waals surface area contributed by atoms with Crippen LogP contribution in [0.3, 0.4) is 0 Å². The van der Waals surface area contributed by atoms with Crippen molar-refractivity contribution < 1.29 is 4.74 Å². The Balaban J connectivity index is 1.48. The number of para-hydroxylation sites is 4. The van der Waals surface area contributed by atoms with Gasteiger partial charge in [0.05, 0.1) is 22.4 Å². The first-order valence-electron chi connectivity index (χ1n) is 12.1. The Hall–Kier alpha value is -5.16. The third-order valence-electron chi connectivity index (χ3n) is 6.81. The lowest BCUT2D eigenvalue weighted by atomic mass is 10.1. The maximum absolute atomic E-state index is 6.18. The molecule has 0 fully saturated rings. The van der Waals surface area contributed by atoms with Crippen molar-refractivity contribution in [3.63, 3.8) is 0 Å². The number of anilines is 3. The second-order valence-electron chi connectivity index (χ2n) is 8.90. The molecule has 176 valence electrons. The molecule has 1 aliphatic heterocycles. The number of aromatic nitrogens is 3. The highest BCUT2D eigenvalue weighted by Crippen LogP contribution is 2.49. The number of rotatable bonds is 4. The minimum Gasteiger partial charge on any atom is -0.453 e. The highest BCUT2D eigenvalue weighted by Gasteiger charge is 2.26. The molecule has 0 saturated carbocycles. The summed E-state index contributed by atoms with van der Waals surface area (Å²) in [5.41, 5.74) is 6.13. The van der Waals surface area contributed by atoms with Crippen molar-refractivity contribution in [1.29, 1.82) is 0 Å². The largest absolute Gasteiger partial charge is 0.453 e. The van der Waals surface area contributed by atoms with Gasteiger partial charge < -0.3 is 4.74 Å². The van der Waals surface area contributed by atoms with Crippen molar-refractivity contribution in [2.24, 2.45) is 0 Å². The van der Waals surface area contributed by atoms with E-state index >= 15 is 0 Å². The second kappa shape index (κ2) is 8.21. The summed E-state index contributed by atoms with van der Waals surface area (Å²) in [5, 5.41) is 2.27. The van der Waals surface area contributed by atoms with Crippen LogP contribution in [0.2, 0.25) is 0 Å². The molecule has 2 aromatic heterocycles. The fourth-order valence-corrected chi connectivity index (χ4v) is 5.09. The van der Waals surface area contributed by atoms with Gasteiger partial charge in [-0.15, -0.1) is 0 Å². The first kappa shape index (κ1) is 21.1. The smallest absolute Gasteiger partial charge is 0.151 e. The standard InChI is InChI=1S/C32H22N4O/c1-3-21-13-15-25-23(17-21)24-18-22(4-2)14-16-26(24)35(25)31-19-32(34-20-33-31)36-27-9-5-7-11-29(27)37-30-12-8-6-10-28(30)36/h3-20H,1-2H2. The molecular weight excluding hydrogens is 456 g/mol. The van der Waals surface area contributed by atoms with Gasteiger partial charge in [-0.1, -0.05) is 61.7 Å². The van der Waals surface area contributed by atoms with Crippen LogP contribution in [0.4, 0.5) is 17.2 Å². The zero-order valence-corrected chi connectivity index (χ0v) is 20.0. The summed E-state index contributed by atoms with van der Waals surface area (Å²) in [6.45, 7) is 7.91. The third kappa shape index (κ3) is 3.25. The predicted molar refractivity (Wildman–Crippen MR) is 151 cm³/mol. The maximum atomic E-state index is 6.18.